The molecule has 0 bridgehead atoms. The third-order valence-corrected chi connectivity index (χ3v) is 3.96. The summed E-state index contributed by atoms with van der Waals surface area (Å²) in [6.07, 6.45) is 0. The standard InChI is InChI=1S/C10H19N2O/c1-6-7-8(11-6)10(4,5)12(13)9(7,2)3/h6-8,11H,1-5H3. The second-order valence-electron chi connectivity index (χ2n) is 5.56. The van der Waals surface area contributed by atoms with E-state index < -0.39 is 0 Å². The van der Waals surface area contributed by atoms with Gasteiger partial charge in [-0.2, -0.15) is 0 Å². The lowest BCUT2D eigenvalue weighted by atomic mass is 9.71. The van der Waals surface area contributed by atoms with Crippen LogP contribution in [0.1, 0.15) is 34.6 Å². The van der Waals surface area contributed by atoms with Crippen LogP contribution in [-0.2, 0) is 5.21 Å². The van der Waals surface area contributed by atoms with Gasteiger partial charge in [0.25, 0.3) is 0 Å². The first kappa shape index (κ1) is 9.44. The van der Waals surface area contributed by atoms with E-state index in [1.165, 1.54) is 5.06 Å². The molecular weight excluding hydrogens is 164 g/mol. The van der Waals surface area contributed by atoms with Gasteiger partial charge >= 0.3 is 0 Å². The predicted octanol–water partition coefficient (Wildman–Crippen LogP) is 1.18. The molecule has 2 aliphatic rings. The number of nitrogens with one attached hydrogen (secondary N) is 1. The van der Waals surface area contributed by atoms with E-state index in [-0.39, 0.29) is 11.1 Å². The van der Waals surface area contributed by atoms with Crippen LogP contribution in [0.15, 0.2) is 0 Å². The maximum Gasteiger partial charge on any atom is 0.0600 e. The molecule has 3 nitrogen and oxygen atoms in total. The molecule has 0 saturated carbocycles. The Morgan fingerprint density at radius 3 is 2.00 bits per heavy atom. The number of nitrogens with zero attached hydrogens (tertiary/aromatic N) is 1. The van der Waals surface area contributed by atoms with Crippen LogP contribution in [0.3, 0.4) is 0 Å². The Hall–Kier alpha value is -0.120. The quantitative estimate of drug-likeness (QED) is 0.612. The van der Waals surface area contributed by atoms with Gasteiger partial charge in [-0.25, -0.2) is 0 Å². The number of fused-ring (bicyclic) bond motifs is 1. The molecule has 0 aromatic heterocycles. The molecule has 1 radical (unpaired) electrons. The third-order valence-electron chi connectivity index (χ3n) is 3.96. The van der Waals surface area contributed by atoms with E-state index in [4.69, 9.17) is 0 Å². The maximum absolute atomic E-state index is 12.0. The molecule has 75 valence electrons. The fourth-order valence-electron chi connectivity index (χ4n) is 3.33. The van der Waals surface area contributed by atoms with Gasteiger partial charge in [-0.1, -0.05) is 0 Å². The summed E-state index contributed by atoms with van der Waals surface area (Å²) < 4.78 is 0. The molecule has 3 atom stereocenters. The van der Waals surface area contributed by atoms with Crippen molar-refractivity contribution < 1.29 is 5.21 Å². The number of hydroxylamine groups is 2. The zero-order valence-corrected chi connectivity index (χ0v) is 9.09. The average Bonchev–Trinajstić information content (AvgIpc) is 2.05. The van der Waals surface area contributed by atoms with E-state index in [0.717, 1.165) is 0 Å². The molecule has 0 aromatic rings. The third kappa shape index (κ3) is 0.901. The Kier molecular flexibility index (Phi) is 1.65. The summed E-state index contributed by atoms with van der Waals surface area (Å²) >= 11 is 0. The number of hydrogen-bond acceptors (Lipinski definition) is 2. The molecule has 13 heavy (non-hydrogen) atoms. The highest BCUT2D eigenvalue weighted by Crippen LogP contribution is 2.50. The van der Waals surface area contributed by atoms with E-state index in [1.54, 1.807) is 0 Å². The maximum atomic E-state index is 12.0. The molecule has 3 heteroatoms. The molecule has 0 aliphatic carbocycles. The van der Waals surface area contributed by atoms with Gasteiger partial charge in [0.2, 0.25) is 0 Å². The van der Waals surface area contributed by atoms with Crippen molar-refractivity contribution >= 4 is 0 Å². The van der Waals surface area contributed by atoms with Gasteiger partial charge in [0.1, 0.15) is 0 Å². The van der Waals surface area contributed by atoms with Gasteiger partial charge < -0.3 is 5.32 Å². The van der Waals surface area contributed by atoms with Crippen molar-refractivity contribution in [3.8, 4) is 0 Å². The summed E-state index contributed by atoms with van der Waals surface area (Å²) in [5, 5.41) is 16.8. The highest BCUT2D eigenvalue weighted by molar-refractivity contribution is 5.19. The van der Waals surface area contributed by atoms with Crippen LogP contribution in [0, 0.1) is 5.92 Å². The van der Waals surface area contributed by atoms with Gasteiger partial charge in [0.15, 0.2) is 0 Å². The average molecular weight is 183 g/mol. The predicted molar refractivity (Wildman–Crippen MR) is 50.6 cm³/mol. The van der Waals surface area contributed by atoms with Crippen molar-refractivity contribution in [2.24, 2.45) is 5.92 Å². The molecule has 2 rings (SSSR count). The van der Waals surface area contributed by atoms with Crippen molar-refractivity contribution in [3.05, 3.63) is 0 Å². The topological polar surface area (TPSA) is 35.2 Å². The molecule has 3 unspecified atom stereocenters. The zero-order valence-electron chi connectivity index (χ0n) is 9.09. The second-order valence-corrected chi connectivity index (χ2v) is 5.56. The highest BCUT2D eigenvalue weighted by Gasteiger charge is 2.65. The summed E-state index contributed by atoms with van der Waals surface area (Å²) in [6, 6.07) is 0.855. The summed E-state index contributed by atoms with van der Waals surface area (Å²) in [7, 11) is 0. The van der Waals surface area contributed by atoms with Crippen molar-refractivity contribution in [2.45, 2.75) is 57.8 Å². The Labute approximate surface area is 80.1 Å². The van der Waals surface area contributed by atoms with Crippen molar-refractivity contribution in [1.29, 1.82) is 0 Å². The Bertz CT molecular complexity index is 237. The lowest BCUT2D eigenvalue weighted by Gasteiger charge is -2.47. The molecule has 0 spiro atoms. The van der Waals surface area contributed by atoms with Gasteiger partial charge in [0, 0.05) is 18.0 Å². The first-order valence-corrected chi connectivity index (χ1v) is 5.03. The van der Waals surface area contributed by atoms with E-state index in [0.29, 0.717) is 18.0 Å². The molecule has 2 fully saturated rings. The van der Waals surface area contributed by atoms with Crippen LogP contribution < -0.4 is 5.32 Å². The normalized spacial score (nSPS) is 47.1. The Balaban J connectivity index is 2.35. The summed E-state index contributed by atoms with van der Waals surface area (Å²) in [5.74, 6) is 0.500. The summed E-state index contributed by atoms with van der Waals surface area (Å²) in [5.41, 5.74) is -0.459. The largest absolute Gasteiger partial charge is 0.309 e. The Morgan fingerprint density at radius 2 is 1.69 bits per heavy atom. The monoisotopic (exact) mass is 183 g/mol. The second kappa shape index (κ2) is 2.27. The zero-order chi connectivity index (χ0) is 10.0. The van der Waals surface area contributed by atoms with Gasteiger partial charge in [-0.15, -0.1) is 10.3 Å². The van der Waals surface area contributed by atoms with Crippen molar-refractivity contribution in [1.82, 2.24) is 10.4 Å². The van der Waals surface area contributed by atoms with E-state index >= 15 is 0 Å². The van der Waals surface area contributed by atoms with Crippen LogP contribution in [0.2, 0.25) is 0 Å². The van der Waals surface area contributed by atoms with E-state index in [2.05, 4.69) is 26.1 Å². The minimum absolute atomic E-state index is 0.209. The van der Waals surface area contributed by atoms with Crippen LogP contribution in [-0.4, -0.2) is 28.2 Å². The van der Waals surface area contributed by atoms with Crippen LogP contribution in [0.4, 0.5) is 0 Å². The van der Waals surface area contributed by atoms with E-state index in [1.807, 2.05) is 13.8 Å². The SMILES string of the molecule is CC1NC2C1C(C)(C)N([O])C2(C)C. The lowest BCUT2D eigenvalue weighted by molar-refractivity contribution is -0.247. The molecule has 2 saturated heterocycles. The molecule has 2 aliphatic heterocycles. The molecule has 0 amide bonds. The van der Waals surface area contributed by atoms with Gasteiger partial charge in [-0.05, 0) is 34.6 Å². The molecule has 2 heterocycles. The van der Waals surface area contributed by atoms with Crippen LogP contribution in [0.5, 0.6) is 0 Å². The minimum atomic E-state index is -0.249. The fraction of sp³-hybridized carbons (Fsp3) is 1.00. The molecular formula is C10H19N2O. The van der Waals surface area contributed by atoms with E-state index in [9.17, 15) is 5.21 Å². The number of rotatable bonds is 0. The minimum Gasteiger partial charge on any atom is -0.309 e. The highest BCUT2D eigenvalue weighted by atomic mass is 16.5. The smallest absolute Gasteiger partial charge is 0.0600 e. The van der Waals surface area contributed by atoms with Crippen LogP contribution >= 0.6 is 0 Å². The Morgan fingerprint density at radius 1 is 1.15 bits per heavy atom. The number of hydrogen-bond donors (Lipinski definition) is 1. The van der Waals surface area contributed by atoms with Crippen molar-refractivity contribution in [2.75, 3.05) is 0 Å². The van der Waals surface area contributed by atoms with Crippen molar-refractivity contribution in [3.63, 3.8) is 0 Å². The fourth-order valence-corrected chi connectivity index (χ4v) is 3.33. The first-order chi connectivity index (χ1) is 5.79. The summed E-state index contributed by atoms with van der Waals surface area (Å²) in [6.45, 7) is 10.3. The molecule has 0 aromatic carbocycles. The van der Waals surface area contributed by atoms with Gasteiger partial charge in [-0.3, -0.25) is 0 Å². The van der Waals surface area contributed by atoms with Crippen LogP contribution in [0.25, 0.3) is 0 Å². The van der Waals surface area contributed by atoms with Gasteiger partial charge in [0.05, 0.1) is 11.1 Å². The first-order valence-electron chi connectivity index (χ1n) is 5.03. The lowest BCUT2D eigenvalue weighted by Crippen LogP contribution is -2.66. The molecule has 1 N–H and O–H groups in total. The summed E-state index contributed by atoms with van der Waals surface area (Å²) in [4.78, 5) is 0.